The predicted octanol–water partition coefficient (Wildman–Crippen LogP) is 2.63. The van der Waals surface area contributed by atoms with E-state index in [1.54, 1.807) is 23.9 Å². The summed E-state index contributed by atoms with van der Waals surface area (Å²) in [5, 5.41) is 22.6. The van der Waals surface area contributed by atoms with Gasteiger partial charge < -0.3 is 10.4 Å². The van der Waals surface area contributed by atoms with Crippen molar-refractivity contribution in [1.29, 1.82) is 0 Å². The van der Waals surface area contributed by atoms with Crippen LogP contribution in [0.25, 0.3) is 0 Å². The molecule has 5 nitrogen and oxygen atoms in total. The van der Waals surface area contributed by atoms with Gasteiger partial charge >= 0.3 is 0 Å². The first-order valence-corrected chi connectivity index (χ1v) is 8.01. The van der Waals surface area contributed by atoms with Gasteiger partial charge in [-0.2, -0.15) is 0 Å². The first-order valence-electron chi connectivity index (χ1n) is 8.01. The summed E-state index contributed by atoms with van der Waals surface area (Å²) in [4.78, 5) is 0. The van der Waals surface area contributed by atoms with Crippen molar-refractivity contribution in [2.45, 2.75) is 50.3 Å². The first kappa shape index (κ1) is 17.0. The van der Waals surface area contributed by atoms with Crippen molar-refractivity contribution in [2.75, 3.05) is 0 Å². The average molecular weight is 336 g/mol. The Balaban J connectivity index is 1.87. The quantitative estimate of drug-likeness (QED) is 0.904. The van der Waals surface area contributed by atoms with Gasteiger partial charge in [-0.15, -0.1) is 5.10 Å². The third kappa shape index (κ3) is 3.32. The summed E-state index contributed by atoms with van der Waals surface area (Å²) in [6.07, 6.45) is 2.74. The predicted molar refractivity (Wildman–Crippen MR) is 85.5 cm³/mol. The van der Waals surface area contributed by atoms with Gasteiger partial charge in [-0.25, -0.2) is 8.78 Å². The lowest BCUT2D eigenvalue weighted by atomic mass is 9.78. The zero-order chi connectivity index (χ0) is 17.5. The molecule has 0 aliphatic carbocycles. The summed E-state index contributed by atoms with van der Waals surface area (Å²) >= 11 is 0. The molecule has 3 atom stereocenters. The maximum Gasteiger partial charge on any atom is 0.270 e. The number of piperidine rings is 1. The van der Waals surface area contributed by atoms with E-state index in [1.165, 1.54) is 12.1 Å². The molecule has 0 unspecified atom stereocenters. The van der Waals surface area contributed by atoms with Crippen molar-refractivity contribution in [1.82, 2.24) is 20.3 Å². The highest BCUT2D eigenvalue weighted by molar-refractivity contribution is 5.30. The fourth-order valence-electron chi connectivity index (χ4n) is 3.41. The maximum absolute atomic E-state index is 13.4. The number of benzene rings is 1. The average Bonchev–Trinajstić information content (AvgIpc) is 2.92. The highest BCUT2D eigenvalue weighted by Crippen LogP contribution is 2.40. The molecule has 0 saturated carbocycles. The largest absolute Gasteiger partial charge is 0.385 e. The zero-order valence-corrected chi connectivity index (χ0v) is 14.0. The minimum absolute atomic E-state index is 0.0534. The van der Waals surface area contributed by atoms with Gasteiger partial charge in [-0.05, 0) is 18.9 Å². The Morgan fingerprint density at radius 3 is 2.50 bits per heavy atom. The molecular weight excluding hydrogens is 314 g/mol. The highest BCUT2D eigenvalue weighted by atomic mass is 19.3. The maximum atomic E-state index is 13.4. The van der Waals surface area contributed by atoms with Crippen LogP contribution in [0.5, 0.6) is 0 Å². The van der Waals surface area contributed by atoms with Gasteiger partial charge in [0, 0.05) is 38.2 Å². The van der Waals surface area contributed by atoms with Crippen LogP contribution >= 0.6 is 0 Å². The molecule has 24 heavy (non-hydrogen) atoms. The van der Waals surface area contributed by atoms with Crippen LogP contribution in [0.3, 0.4) is 0 Å². The Labute approximate surface area is 139 Å². The van der Waals surface area contributed by atoms with Gasteiger partial charge in [0.25, 0.3) is 5.92 Å². The lowest BCUT2D eigenvalue weighted by molar-refractivity contribution is -0.0239. The number of halogens is 2. The second-order valence-electron chi connectivity index (χ2n) is 6.84. The summed E-state index contributed by atoms with van der Waals surface area (Å²) in [6.45, 7) is 2.86. The van der Waals surface area contributed by atoms with E-state index in [9.17, 15) is 13.9 Å². The van der Waals surface area contributed by atoms with Gasteiger partial charge in [0.15, 0.2) is 0 Å². The van der Waals surface area contributed by atoms with Gasteiger partial charge in [0.05, 0.1) is 17.3 Å². The summed E-state index contributed by atoms with van der Waals surface area (Å²) in [6, 6.07) is 5.88. The van der Waals surface area contributed by atoms with E-state index in [-0.39, 0.29) is 17.6 Å². The van der Waals surface area contributed by atoms with Gasteiger partial charge in [0.2, 0.25) is 0 Å². The Kier molecular flexibility index (Phi) is 4.17. The summed E-state index contributed by atoms with van der Waals surface area (Å²) < 4.78 is 28.4. The van der Waals surface area contributed by atoms with Gasteiger partial charge in [-0.3, -0.25) is 4.68 Å². The van der Waals surface area contributed by atoms with E-state index in [4.69, 9.17) is 0 Å². The molecule has 0 bridgehead atoms. The summed E-state index contributed by atoms with van der Waals surface area (Å²) in [7, 11) is 1.79. The number of aromatic nitrogens is 3. The molecule has 1 aromatic heterocycles. The van der Waals surface area contributed by atoms with E-state index in [0.717, 1.165) is 12.6 Å². The molecule has 0 radical (unpaired) electrons. The van der Waals surface area contributed by atoms with Crippen molar-refractivity contribution < 1.29 is 13.9 Å². The van der Waals surface area contributed by atoms with Crippen LogP contribution in [0.4, 0.5) is 8.78 Å². The normalized spacial score (nSPS) is 28.1. The molecular formula is C17H22F2N4O. The Hall–Kier alpha value is -1.86. The number of nitrogens with zero attached hydrogens (tertiary/aromatic N) is 3. The lowest BCUT2D eigenvalue weighted by Crippen LogP contribution is -2.47. The zero-order valence-electron chi connectivity index (χ0n) is 14.0. The standard InChI is InChI=1S/C17H22F2N4O/c1-11-8-17(24,9-14(20-11)15-10-23(3)22-21-15)13-6-4-12(5-7-13)16(2,18)19/h4-7,10-11,14,20,24H,8-9H2,1-3H3/t11-,14-,17-/m0/s1. The molecule has 2 heterocycles. The lowest BCUT2D eigenvalue weighted by Gasteiger charge is -2.41. The second-order valence-corrected chi connectivity index (χ2v) is 6.84. The molecule has 1 aliphatic heterocycles. The van der Waals surface area contributed by atoms with Crippen LogP contribution in [0.2, 0.25) is 0 Å². The van der Waals surface area contributed by atoms with Crippen LogP contribution in [-0.2, 0) is 18.6 Å². The van der Waals surface area contributed by atoms with Crippen LogP contribution < -0.4 is 5.32 Å². The Bertz CT molecular complexity index is 710. The van der Waals surface area contributed by atoms with Gasteiger partial charge in [0.1, 0.15) is 0 Å². The molecule has 3 rings (SSSR count). The van der Waals surface area contributed by atoms with Crippen LogP contribution in [0.1, 0.15) is 49.6 Å². The van der Waals surface area contributed by atoms with E-state index >= 15 is 0 Å². The van der Waals surface area contributed by atoms with Crippen molar-refractivity contribution in [3.8, 4) is 0 Å². The van der Waals surface area contributed by atoms with Crippen LogP contribution in [0, 0.1) is 0 Å². The number of hydrogen-bond acceptors (Lipinski definition) is 4. The van der Waals surface area contributed by atoms with Gasteiger partial charge in [-0.1, -0.05) is 29.5 Å². The molecule has 1 aromatic carbocycles. The molecule has 0 amide bonds. The molecule has 1 saturated heterocycles. The number of rotatable bonds is 3. The number of hydrogen-bond donors (Lipinski definition) is 2. The smallest absolute Gasteiger partial charge is 0.270 e. The number of aliphatic hydroxyl groups is 1. The fourth-order valence-corrected chi connectivity index (χ4v) is 3.41. The third-order valence-corrected chi connectivity index (χ3v) is 4.58. The minimum atomic E-state index is -2.88. The molecule has 1 aliphatic rings. The molecule has 2 N–H and O–H groups in total. The number of aryl methyl sites for hydroxylation is 1. The molecule has 1 fully saturated rings. The fraction of sp³-hybridized carbons (Fsp3) is 0.529. The van der Waals surface area contributed by atoms with E-state index in [0.29, 0.717) is 18.4 Å². The molecule has 7 heteroatoms. The van der Waals surface area contributed by atoms with E-state index < -0.39 is 11.5 Å². The van der Waals surface area contributed by atoms with E-state index in [1.807, 2.05) is 13.1 Å². The molecule has 2 aromatic rings. The Morgan fingerprint density at radius 2 is 1.96 bits per heavy atom. The second kappa shape index (κ2) is 5.89. The van der Waals surface area contributed by atoms with Crippen molar-refractivity contribution in [3.05, 3.63) is 47.3 Å². The number of alkyl halides is 2. The first-order chi connectivity index (χ1) is 11.2. The monoisotopic (exact) mass is 336 g/mol. The van der Waals surface area contributed by atoms with Crippen LogP contribution in [0.15, 0.2) is 30.5 Å². The SMILES string of the molecule is C[C@H]1C[C@@](O)(c2ccc(C(C)(F)F)cc2)C[C@@H](c2cn(C)nn2)N1. The van der Waals surface area contributed by atoms with Crippen molar-refractivity contribution >= 4 is 0 Å². The highest BCUT2D eigenvalue weighted by Gasteiger charge is 2.40. The third-order valence-electron chi connectivity index (χ3n) is 4.58. The van der Waals surface area contributed by atoms with Crippen molar-refractivity contribution in [2.24, 2.45) is 7.05 Å². The summed E-state index contributed by atoms with van der Waals surface area (Å²) in [5.41, 5.74) is 0.272. The number of nitrogens with one attached hydrogen (secondary N) is 1. The molecule has 0 spiro atoms. The molecule has 130 valence electrons. The van der Waals surface area contributed by atoms with Crippen LogP contribution in [-0.4, -0.2) is 26.1 Å². The Morgan fingerprint density at radius 1 is 1.29 bits per heavy atom. The topological polar surface area (TPSA) is 63.0 Å². The summed E-state index contributed by atoms with van der Waals surface area (Å²) in [5.74, 6) is -2.88. The van der Waals surface area contributed by atoms with E-state index in [2.05, 4.69) is 15.6 Å². The van der Waals surface area contributed by atoms with Crippen molar-refractivity contribution in [3.63, 3.8) is 0 Å². The minimum Gasteiger partial charge on any atom is -0.385 e.